The molecule has 0 bridgehead atoms. The predicted octanol–water partition coefficient (Wildman–Crippen LogP) is 2.18. The van der Waals surface area contributed by atoms with Gasteiger partial charge in [0.15, 0.2) is 5.82 Å². The van der Waals surface area contributed by atoms with Crippen LogP contribution in [0.15, 0.2) is 22.0 Å². The van der Waals surface area contributed by atoms with Crippen LogP contribution in [0.5, 0.6) is 0 Å². The van der Waals surface area contributed by atoms with E-state index in [4.69, 9.17) is 10.00 Å². The van der Waals surface area contributed by atoms with Crippen molar-refractivity contribution < 1.29 is 22.3 Å². The van der Waals surface area contributed by atoms with E-state index in [0.29, 0.717) is 18.9 Å². The number of sulfonamides is 1. The zero-order valence-corrected chi connectivity index (χ0v) is 14.5. The molecule has 9 heteroatoms. The Bertz CT molecular complexity index is 840. The van der Waals surface area contributed by atoms with Crippen molar-refractivity contribution in [1.82, 2.24) is 4.72 Å². The predicted molar refractivity (Wildman–Crippen MR) is 88.5 cm³/mol. The Morgan fingerprint density at radius 3 is 2.56 bits per heavy atom. The summed E-state index contributed by atoms with van der Waals surface area (Å²) < 4.78 is 46.1. The zero-order chi connectivity index (χ0) is 18.7. The molecule has 0 spiro atoms. The third-order valence-corrected chi connectivity index (χ3v) is 5.63. The smallest absolute Gasteiger partial charge is 0.265 e. The van der Waals surface area contributed by atoms with Gasteiger partial charge in [0.05, 0.1) is 10.5 Å². The van der Waals surface area contributed by atoms with E-state index < -0.39 is 32.2 Å². The standard InChI is InChI=1S/C16H18FN3O4S/c1-19-14-11(10-18)8-12(9-13(14)17)25(22,23)20-15(21)16(24-2)6-4-3-5-7-16/h8-9H,1,3-7H2,2H3,(H,20,21). The highest BCUT2D eigenvalue weighted by molar-refractivity contribution is 7.90. The molecule has 1 fully saturated rings. The van der Waals surface area contributed by atoms with Gasteiger partial charge in [-0.3, -0.25) is 9.79 Å². The topological polar surface area (TPSA) is 109 Å². The highest BCUT2D eigenvalue weighted by Gasteiger charge is 2.41. The van der Waals surface area contributed by atoms with Gasteiger partial charge in [0.1, 0.15) is 17.4 Å². The SMILES string of the molecule is C=Nc1c(F)cc(S(=O)(=O)NC(=O)C2(OC)CCCCC2)cc1C#N. The Morgan fingerprint density at radius 1 is 1.40 bits per heavy atom. The lowest BCUT2D eigenvalue weighted by molar-refractivity contribution is -0.145. The molecule has 1 amide bonds. The van der Waals surface area contributed by atoms with Gasteiger partial charge in [-0.1, -0.05) is 19.3 Å². The average Bonchev–Trinajstić information content (AvgIpc) is 2.61. The first-order valence-electron chi connectivity index (χ1n) is 7.62. The number of carbonyl (C=O) groups excluding carboxylic acids is 1. The van der Waals surface area contributed by atoms with Crippen molar-refractivity contribution in [1.29, 1.82) is 5.26 Å². The van der Waals surface area contributed by atoms with Crippen molar-refractivity contribution in [2.75, 3.05) is 7.11 Å². The van der Waals surface area contributed by atoms with Gasteiger partial charge in [-0.05, 0) is 31.7 Å². The summed E-state index contributed by atoms with van der Waals surface area (Å²) >= 11 is 0. The van der Waals surface area contributed by atoms with Crippen LogP contribution < -0.4 is 4.72 Å². The normalized spacial score (nSPS) is 16.7. The molecule has 1 aromatic carbocycles. The number of amides is 1. The minimum Gasteiger partial charge on any atom is -0.368 e. The molecule has 0 aliphatic heterocycles. The number of hydrogen-bond donors (Lipinski definition) is 1. The van der Waals surface area contributed by atoms with Crippen LogP contribution in [0.3, 0.4) is 0 Å². The van der Waals surface area contributed by atoms with Crippen LogP contribution in [0.4, 0.5) is 10.1 Å². The average molecular weight is 367 g/mol. The molecule has 0 radical (unpaired) electrons. The van der Waals surface area contributed by atoms with Crippen LogP contribution in [-0.4, -0.2) is 33.8 Å². The molecule has 1 aliphatic rings. The van der Waals surface area contributed by atoms with Gasteiger partial charge >= 0.3 is 0 Å². The summed E-state index contributed by atoms with van der Waals surface area (Å²) in [5.41, 5.74) is -1.85. The van der Waals surface area contributed by atoms with Gasteiger partial charge in [-0.2, -0.15) is 5.26 Å². The molecule has 25 heavy (non-hydrogen) atoms. The van der Waals surface area contributed by atoms with E-state index in [1.807, 2.05) is 4.72 Å². The van der Waals surface area contributed by atoms with Crippen LogP contribution in [0.2, 0.25) is 0 Å². The van der Waals surface area contributed by atoms with E-state index >= 15 is 0 Å². The van der Waals surface area contributed by atoms with Gasteiger partial charge in [-0.25, -0.2) is 17.5 Å². The van der Waals surface area contributed by atoms with Crippen molar-refractivity contribution in [2.24, 2.45) is 4.99 Å². The number of nitrogens with one attached hydrogen (secondary N) is 1. The van der Waals surface area contributed by atoms with E-state index in [9.17, 15) is 17.6 Å². The maximum atomic E-state index is 14.0. The highest BCUT2D eigenvalue weighted by atomic mass is 32.2. The molecule has 7 nitrogen and oxygen atoms in total. The van der Waals surface area contributed by atoms with E-state index in [1.54, 1.807) is 6.07 Å². The van der Waals surface area contributed by atoms with Crippen molar-refractivity contribution in [3.63, 3.8) is 0 Å². The van der Waals surface area contributed by atoms with Gasteiger partial charge in [0.2, 0.25) is 0 Å². The fourth-order valence-electron chi connectivity index (χ4n) is 2.90. The summed E-state index contributed by atoms with van der Waals surface area (Å²) in [6.07, 6.45) is 3.24. The number of ether oxygens (including phenoxy) is 1. The zero-order valence-electron chi connectivity index (χ0n) is 13.7. The molecule has 1 saturated carbocycles. The number of benzene rings is 1. The van der Waals surface area contributed by atoms with Gasteiger partial charge in [0, 0.05) is 7.11 Å². The monoisotopic (exact) mass is 367 g/mol. The van der Waals surface area contributed by atoms with E-state index in [0.717, 1.165) is 25.3 Å². The first-order chi connectivity index (χ1) is 11.8. The number of nitriles is 1. The summed E-state index contributed by atoms with van der Waals surface area (Å²) in [4.78, 5) is 15.3. The number of halogens is 1. The van der Waals surface area contributed by atoms with E-state index in [-0.39, 0.29) is 11.3 Å². The number of aliphatic imine (C=N–C) groups is 1. The van der Waals surface area contributed by atoms with Gasteiger partial charge in [0.25, 0.3) is 15.9 Å². The van der Waals surface area contributed by atoms with E-state index in [2.05, 4.69) is 11.7 Å². The summed E-state index contributed by atoms with van der Waals surface area (Å²) in [5.74, 6) is -1.81. The molecule has 134 valence electrons. The highest BCUT2D eigenvalue weighted by Crippen LogP contribution is 2.32. The lowest BCUT2D eigenvalue weighted by Crippen LogP contribution is -2.51. The second kappa shape index (κ2) is 7.29. The lowest BCUT2D eigenvalue weighted by Gasteiger charge is -2.34. The Balaban J connectivity index is 2.36. The van der Waals surface area contributed by atoms with Crippen LogP contribution in [0.1, 0.15) is 37.7 Å². The van der Waals surface area contributed by atoms with Gasteiger partial charge in [-0.15, -0.1) is 0 Å². The largest absolute Gasteiger partial charge is 0.368 e. The second-order valence-electron chi connectivity index (χ2n) is 5.76. The number of nitrogens with zero attached hydrogens (tertiary/aromatic N) is 2. The number of carbonyl (C=O) groups is 1. The Kier molecular flexibility index (Phi) is 5.55. The van der Waals surface area contributed by atoms with Crippen molar-refractivity contribution >= 4 is 28.3 Å². The molecule has 2 rings (SSSR count). The fourth-order valence-corrected chi connectivity index (χ4v) is 3.98. The lowest BCUT2D eigenvalue weighted by atomic mass is 9.84. The van der Waals surface area contributed by atoms with Crippen LogP contribution >= 0.6 is 0 Å². The minimum atomic E-state index is -4.37. The molecule has 0 heterocycles. The third-order valence-electron chi connectivity index (χ3n) is 4.32. The number of methoxy groups -OCH3 is 1. The molecule has 0 unspecified atom stereocenters. The van der Waals surface area contributed by atoms with Crippen LogP contribution in [0, 0.1) is 17.1 Å². The Morgan fingerprint density at radius 2 is 2.04 bits per heavy atom. The summed E-state index contributed by atoms with van der Waals surface area (Å²) in [6, 6.07) is 3.30. The van der Waals surface area contributed by atoms with Crippen LogP contribution in [0.25, 0.3) is 0 Å². The third kappa shape index (κ3) is 3.70. The van der Waals surface area contributed by atoms with Crippen molar-refractivity contribution in [2.45, 2.75) is 42.6 Å². The maximum Gasteiger partial charge on any atom is 0.265 e. The molecular weight excluding hydrogens is 349 g/mol. The summed E-state index contributed by atoms with van der Waals surface area (Å²) in [5, 5.41) is 9.02. The fraction of sp³-hybridized carbons (Fsp3) is 0.438. The molecule has 1 aromatic rings. The first kappa shape index (κ1) is 19.0. The first-order valence-corrected chi connectivity index (χ1v) is 9.11. The summed E-state index contributed by atoms with van der Waals surface area (Å²) in [7, 11) is -3.01. The van der Waals surface area contributed by atoms with Crippen LogP contribution in [-0.2, 0) is 19.6 Å². The molecule has 0 atom stereocenters. The second-order valence-corrected chi connectivity index (χ2v) is 7.45. The van der Waals surface area contributed by atoms with E-state index in [1.165, 1.54) is 7.11 Å². The summed E-state index contributed by atoms with van der Waals surface area (Å²) in [6.45, 7) is 3.15. The van der Waals surface area contributed by atoms with Crippen molar-refractivity contribution in [3.8, 4) is 6.07 Å². The maximum absolute atomic E-state index is 14.0. The molecule has 0 aromatic heterocycles. The molecular formula is C16H18FN3O4S. The van der Waals surface area contributed by atoms with Crippen molar-refractivity contribution in [3.05, 3.63) is 23.5 Å². The minimum absolute atomic E-state index is 0.290. The Hall–Kier alpha value is -2.31. The number of rotatable bonds is 5. The Labute approximate surface area is 145 Å². The molecule has 1 N–H and O–H groups in total. The quantitative estimate of drug-likeness (QED) is 0.803. The number of hydrogen-bond acceptors (Lipinski definition) is 6. The molecule has 0 saturated heterocycles. The molecule has 1 aliphatic carbocycles. The van der Waals surface area contributed by atoms with Gasteiger partial charge < -0.3 is 4.74 Å².